The number of hydrogen-bond donors (Lipinski definition) is 2. The third kappa shape index (κ3) is 5.59. The molecule has 4 rings (SSSR count). The predicted octanol–water partition coefficient (Wildman–Crippen LogP) is 4.12. The highest BCUT2D eigenvalue weighted by molar-refractivity contribution is 7.85. The number of nitrogens with one attached hydrogen (secondary N) is 1. The molecule has 190 valence electrons. The quantitative estimate of drug-likeness (QED) is 0.363. The number of anilines is 1. The second-order valence-corrected chi connectivity index (χ2v) is 9.66. The molecule has 2 atom stereocenters. The highest BCUT2D eigenvalue weighted by Crippen LogP contribution is 2.29. The summed E-state index contributed by atoms with van der Waals surface area (Å²) in [7, 11) is 0.715. The Bertz CT molecular complexity index is 1340. The van der Waals surface area contributed by atoms with E-state index in [0.29, 0.717) is 12.2 Å². The maximum atomic E-state index is 14.6. The molecule has 0 bridgehead atoms. The molecule has 0 saturated carbocycles. The number of aromatic nitrogens is 4. The molecule has 0 saturated heterocycles. The van der Waals surface area contributed by atoms with E-state index in [1.54, 1.807) is 19.2 Å². The van der Waals surface area contributed by atoms with Gasteiger partial charge in [-0.2, -0.15) is 0 Å². The molecule has 0 aliphatic rings. The Morgan fingerprint density at radius 2 is 1.89 bits per heavy atom. The standard InChI is InChI=1S/C24H25FN6O2S.H2O.3H2/c1-4-14(2)34(32)17-8-6-16(7-9-17)20-13-28-22(26)21(29-20)24-31-30-23(33-24)18-10-5-15(12-27-3)11-19(18)25;;;;/h5-11,13-14,27H,4,12H2,1-3H3,(H2,26,28);1H2;3*1H. The molecule has 5 N–H and O–H groups in total. The molecule has 2 unspecified atom stereocenters. The average Bonchev–Trinajstić information content (AvgIpc) is 3.33. The molecule has 4 aromatic rings. The minimum absolute atomic E-state index is 0. The third-order valence-electron chi connectivity index (χ3n) is 5.40. The van der Waals surface area contributed by atoms with Gasteiger partial charge in [0.15, 0.2) is 11.5 Å². The van der Waals surface area contributed by atoms with Gasteiger partial charge in [-0.25, -0.2) is 14.4 Å². The van der Waals surface area contributed by atoms with Crippen LogP contribution in [-0.2, 0) is 17.3 Å². The van der Waals surface area contributed by atoms with Crippen molar-refractivity contribution in [2.24, 2.45) is 0 Å². The van der Waals surface area contributed by atoms with Crippen LogP contribution in [0.4, 0.5) is 10.2 Å². The van der Waals surface area contributed by atoms with Gasteiger partial charge in [-0.1, -0.05) is 32.0 Å². The topological polar surface area (TPSA) is 151 Å². The number of nitrogens with zero attached hydrogens (tertiary/aromatic N) is 4. The first-order valence-electron chi connectivity index (χ1n) is 10.8. The summed E-state index contributed by atoms with van der Waals surface area (Å²) in [6, 6.07) is 12.1. The summed E-state index contributed by atoms with van der Waals surface area (Å²) in [5.74, 6) is -0.300. The van der Waals surface area contributed by atoms with Crippen LogP contribution in [0.5, 0.6) is 0 Å². The molecule has 35 heavy (non-hydrogen) atoms. The van der Waals surface area contributed by atoms with Gasteiger partial charge in [0.25, 0.3) is 11.8 Å². The van der Waals surface area contributed by atoms with E-state index in [4.69, 9.17) is 10.2 Å². The van der Waals surface area contributed by atoms with Gasteiger partial charge in [-0.3, -0.25) is 4.21 Å². The van der Waals surface area contributed by atoms with Crippen molar-refractivity contribution in [3.63, 3.8) is 0 Å². The lowest BCUT2D eigenvalue weighted by Crippen LogP contribution is -2.09. The monoisotopic (exact) mass is 504 g/mol. The lowest BCUT2D eigenvalue weighted by molar-refractivity contribution is 0.568. The van der Waals surface area contributed by atoms with Gasteiger partial charge >= 0.3 is 0 Å². The fourth-order valence-electron chi connectivity index (χ4n) is 3.31. The van der Waals surface area contributed by atoms with Gasteiger partial charge in [0, 0.05) is 26.5 Å². The summed E-state index contributed by atoms with van der Waals surface area (Å²) < 4.78 is 32.8. The average molecular weight is 505 g/mol. The van der Waals surface area contributed by atoms with Crippen molar-refractivity contribution in [2.45, 2.75) is 37.0 Å². The van der Waals surface area contributed by atoms with E-state index in [-0.39, 0.29) is 43.9 Å². The van der Waals surface area contributed by atoms with Crippen LogP contribution in [0.3, 0.4) is 0 Å². The molecule has 2 aromatic carbocycles. The minimum atomic E-state index is -1.07. The number of halogens is 1. The molecule has 0 aliphatic carbocycles. The fraction of sp³-hybridized carbons (Fsp3) is 0.250. The lowest BCUT2D eigenvalue weighted by atomic mass is 10.1. The fourth-order valence-corrected chi connectivity index (χ4v) is 4.48. The minimum Gasteiger partial charge on any atom is -0.414 e. The van der Waals surface area contributed by atoms with Crippen LogP contribution in [0, 0.1) is 5.82 Å². The second-order valence-electron chi connectivity index (χ2n) is 7.79. The first kappa shape index (κ1) is 26.1. The molecule has 0 spiro atoms. The summed E-state index contributed by atoms with van der Waals surface area (Å²) in [5, 5.41) is 11.0. The van der Waals surface area contributed by atoms with Gasteiger partial charge in [-0.05, 0) is 43.3 Å². The third-order valence-corrected chi connectivity index (χ3v) is 7.20. The Hall–Kier alpha value is -3.54. The van der Waals surface area contributed by atoms with Crippen molar-refractivity contribution < 1.29 is 22.8 Å². The molecule has 9 nitrogen and oxygen atoms in total. The molecular formula is C24H33FN6O3S. The Morgan fingerprint density at radius 3 is 2.54 bits per heavy atom. The van der Waals surface area contributed by atoms with Gasteiger partial charge < -0.3 is 20.9 Å². The van der Waals surface area contributed by atoms with Crippen molar-refractivity contribution in [3.05, 3.63) is 60.0 Å². The summed E-state index contributed by atoms with van der Waals surface area (Å²) in [6.07, 6.45) is 2.37. The highest BCUT2D eigenvalue weighted by atomic mass is 32.2. The van der Waals surface area contributed by atoms with Crippen molar-refractivity contribution in [1.82, 2.24) is 25.5 Å². The zero-order valence-electron chi connectivity index (χ0n) is 19.6. The highest BCUT2D eigenvalue weighted by Gasteiger charge is 2.19. The van der Waals surface area contributed by atoms with Crippen LogP contribution in [0.15, 0.2) is 58.0 Å². The van der Waals surface area contributed by atoms with Crippen LogP contribution in [0.25, 0.3) is 34.3 Å². The molecular weight excluding hydrogens is 471 g/mol. The van der Waals surface area contributed by atoms with Crippen molar-refractivity contribution in [1.29, 1.82) is 0 Å². The summed E-state index contributed by atoms with van der Waals surface area (Å²) in [4.78, 5) is 9.51. The van der Waals surface area contributed by atoms with Crippen LogP contribution in [0.2, 0.25) is 0 Å². The van der Waals surface area contributed by atoms with Crippen LogP contribution < -0.4 is 11.1 Å². The normalized spacial score (nSPS) is 12.7. The maximum absolute atomic E-state index is 14.6. The number of hydrogen-bond acceptors (Lipinski definition) is 8. The molecule has 2 aromatic heterocycles. The Labute approximate surface area is 209 Å². The van der Waals surface area contributed by atoms with E-state index in [0.717, 1.165) is 22.4 Å². The van der Waals surface area contributed by atoms with E-state index >= 15 is 0 Å². The van der Waals surface area contributed by atoms with E-state index in [2.05, 4.69) is 25.5 Å². The van der Waals surface area contributed by atoms with Gasteiger partial charge in [-0.15, -0.1) is 10.2 Å². The Kier molecular flexibility index (Phi) is 8.39. The first-order valence-corrected chi connectivity index (χ1v) is 12.0. The van der Waals surface area contributed by atoms with Crippen LogP contribution >= 0.6 is 0 Å². The zero-order valence-corrected chi connectivity index (χ0v) is 20.4. The van der Waals surface area contributed by atoms with Gasteiger partial charge in [0.1, 0.15) is 5.82 Å². The largest absolute Gasteiger partial charge is 0.414 e. The van der Waals surface area contributed by atoms with Gasteiger partial charge in [0.2, 0.25) is 0 Å². The SMILES string of the molecule is CCC(C)S(=O)c1ccc(-c2cnc(N)c(-c3nnc(-c4ccc(CNC)cc4F)o3)n2)cc1.O.[HH].[HH].[HH]. The van der Waals surface area contributed by atoms with E-state index < -0.39 is 16.6 Å². The number of nitrogens with two attached hydrogens (primary N) is 1. The molecule has 0 radical (unpaired) electrons. The molecule has 0 aliphatic heterocycles. The molecule has 0 fully saturated rings. The summed E-state index contributed by atoms with van der Waals surface area (Å²) >= 11 is 0. The van der Waals surface area contributed by atoms with E-state index in [9.17, 15) is 8.60 Å². The Balaban J connectivity index is 0.00000342. The smallest absolute Gasteiger partial charge is 0.270 e. The number of nitrogen functional groups attached to an aromatic ring is 1. The predicted molar refractivity (Wildman–Crippen MR) is 139 cm³/mol. The molecule has 11 heteroatoms. The zero-order chi connectivity index (χ0) is 24.2. The molecule has 2 heterocycles. The number of rotatable bonds is 8. The summed E-state index contributed by atoms with van der Waals surface area (Å²) in [5.41, 5.74) is 8.51. The first-order chi connectivity index (χ1) is 16.4. The van der Waals surface area contributed by atoms with Crippen LogP contribution in [-0.4, -0.2) is 42.1 Å². The summed E-state index contributed by atoms with van der Waals surface area (Å²) in [6.45, 7) is 4.52. The van der Waals surface area contributed by atoms with E-state index in [1.165, 1.54) is 12.3 Å². The lowest BCUT2D eigenvalue weighted by Gasteiger charge is -2.09. The van der Waals surface area contributed by atoms with E-state index in [1.807, 2.05) is 38.1 Å². The van der Waals surface area contributed by atoms with Crippen molar-refractivity contribution in [2.75, 3.05) is 12.8 Å². The Morgan fingerprint density at radius 1 is 1.17 bits per heavy atom. The number of benzene rings is 2. The van der Waals surface area contributed by atoms with Crippen molar-refractivity contribution in [3.8, 4) is 34.3 Å². The van der Waals surface area contributed by atoms with Crippen LogP contribution in [0.1, 0.15) is 30.1 Å². The van der Waals surface area contributed by atoms with Crippen molar-refractivity contribution >= 4 is 16.6 Å². The van der Waals surface area contributed by atoms with Gasteiger partial charge in [0.05, 0.1) is 28.3 Å². The molecule has 0 amide bonds. The maximum Gasteiger partial charge on any atom is 0.270 e. The second kappa shape index (κ2) is 11.3.